The first-order valence-electron chi connectivity index (χ1n) is 6.81. The number of fused-ring (bicyclic) bond motifs is 1. The van der Waals surface area contributed by atoms with Crippen LogP contribution in [0.1, 0.15) is 28.4 Å². The van der Waals surface area contributed by atoms with Gasteiger partial charge in [0.25, 0.3) is 5.91 Å². The van der Waals surface area contributed by atoms with Gasteiger partial charge in [0.05, 0.1) is 6.61 Å². The van der Waals surface area contributed by atoms with Crippen molar-refractivity contribution in [2.24, 2.45) is 5.92 Å². The zero-order valence-electron chi connectivity index (χ0n) is 11.7. The molecule has 1 atom stereocenters. The van der Waals surface area contributed by atoms with Crippen molar-refractivity contribution in [3.8, 4) is 0 Å². The first-order valence-corrected chi connectivity index (χ1v) is 6.81. The van der Waals surface area contributed by atoms with Gasteiger partial charge in [0.2, 0.25) is 0 Å². The molecular formula is C15H22N2O2. The average Bonchev–Trinajstić information content (AvgIpc) is 2.44. The van der Waals surface area contributed by atoms with Crippen LogP contribution in [-0.4, -0.2) is 32.7 Å². The Hall–Kier alpha value is -1.39. The lowest BCUT2D eigenvalue weighted by atomic mass is 9.95. The van der Waals surface area contributed by atoms with Crippen molar-refractivity contribution in [2.45, 2.75) is 19.9 Å². The van der Waals surface area contributed by atoms with Crippen LogP contribution in [0.3, 0.4) is 0 Å². The molecule has 1 aliphatic heterocycles. The molecule has 4 nitrogen and oxygen atoms in total. The Morgan fingerprint density at radius 2 is 2.37 bits per heavy atom. The van der Waals surface area contributed by atoms with Gasteiger partial charge in [-0.3, -0.25) is 4.79 Å². The molecule has 1 aromatic rings. The lowest BCUT2D eigenvalue weighted by molar-refractivity contribution is 0.0933. The highest BCUT2D eigenvalue weighted by atomic mass is 16.5. The molecule has 0 spiro atoms. The van der Waals surface area contributed by atoms with E-state index in [9.17, 15) is 4.79 Å². The van der Waals surface area contributed by atoms with Crippen LogP contribution < -0.4 is 10.6 Å². The quantitative estimate of drug-likeness (QED) is 0.842. The molecule has 1 heterocycles. The van der Waals surface area contributed by atoms with E-state index in [0.29, 0.717) is 19.1 Å². The molecule has 1 unspecified atom stereocenters. The second kappa shape index (κ2) is 6.68. The maximum absolute atomic E-state index is 12.3. The lowest BCUT2D eigenvalue weighted by Crippen LogP contribution is -2.32. The molecular weight excluding hydrogens is 240 g/mol. The number of carbonyl (C=O) groups is 1. The van der Waals surface area contributed by atoms with Crippen LogP contribution in [0.5, 0.6) is 0 Å². The van der Waals surface area contributed by atoms with Crippen LogP contribution in [0.4, 0.5) is 0 Å². The highest BCUT2D eigenvalue weighted by molar-refractivity contribution is 5.96. The zero-order chi connectivity index (χ0) is 13.7. The number of nitrogens with one attached hydrogen (secondary N) is 2. The second-order valence-electron chi connectivity index (χ2n) is 5.14. The molecule has 0 fully saturated rings. The molecule has 0 bridgehead atoms. The molecule has 1 aromatic carbocycles. The normalized spacial score (nSPS) is 15.7. The fraction of sp³-hybridized carbons (Fsp3) is 0.533. The summed E-state index contributed by atoms with van der Waals surface area (Å²) in [5.41, 5.74) is 3.26. The number of benzene rings is 1. The molecule has 0 radical (unpaired) electrons. The number of carbonyl (C=O) groups excluding carboxylic acids is 1. The minimum absolute atomic E-state index is 0.0294. The van der Waals surface area contributed by atoms with Gasteiger partial charge in [0.1, 0.15) is 0 Å². The smallest absolute Gasteiger partial charge is 0.251 e. The Bertz CT molecular complexity index is 446. The van der Waals surface area contributed by atoms with Crippen molar-refractivity contribution in [1.29, 1.82) is 0 Å². The summed E-state index contributed by atoms with van der Waals surface area (Å²) in [5.74, 6) is 0.358. The SMILES string of the molecule is COCC(C)CNC(=O)c1cccc2c1CCNC2. The van der Waals surface area contributed by atoms with E-state index in [4.69, 9.17) is 4.74 Å². The summed E-state index contributed by atoms with van der Waals surface area (Å²) in [6, 6.07) is 5.96. The predicted molar refractivity (Wildman–Crippen MR) is 75.2 cm³/mol. The van der Waals surface area contributed by atoms with E-state index < -0.39 is 0 Å². The first kappa shape index (κ1) is 14.0. The van der Waals surface area contributed by atoms with E-state index >= 15 is 0 Å². The monoisotopic (exact) mass is 262 g/mol. The van der Waals surface area contributed by atoms with Crippen LogP contribution in [-0.2, 0) is 17.7 Å². The molecule has 104 valence electrons. The van der Waals surface area contributed by atoms with Crippen LogP contribution in [0.25, 0.3) is 0 Å². The molecule has 0 aliphatic carbocycles. The number of rotatable bonds is 5. The fourth-order valence-electron chi connectivity index (χ4n) is 2.45. The van der Waals surface area contributed by atoms with Crippen LogP contribution in [0, 0.1) is 5.92 Å². The van der Waals surface area contributed by atoms with Gasteiger partial charge in [-0.2, -0.15) is 0 Å². The summed E-state index contributed by atoms with van der Waals surface area (Å²) in [5, 5.41) is 6.32. The average molecular weight is 262 g/mol. The summed E-state index contributed by atoms with van der Waals surface area (Å²) >= 11 is 0. The lowest BCUT2D eigenvalue weighted by Gasteiger charge is -2.20. The van der Waals surface area contributed by atoms with E-state index in [1.54, 1.807) is 7.11 Å². The second-order valence-corrected chi connectivity index (χ2v) is 5.14. The van der Waals surface area contributed by atoms with E-state index in [2.05, 4.69) is 23.6 Å². The third-order valence-corrected chi connectivity index (χ3v) is 3.45. The molecule has 2 rings (SSSR count). The Labute approximate surface area is 114 Å². The summed E-state index contributed by atoms with van der Waals surface area (Å²) < 4.78 is 5.07. The number of methoxy groups -OCH3 is 1. The minimum Gasteiger partial charge on any atom is -0.384 e. The van der Waals surface area contributed by atoms with Crippen molar-refractivity contribution < 1.29 is 9.53 Å². The van der Waals surface area contributed by atoms with Crippen molar-refractivity contribution in [3.63, 3.8) is 0 Å². The van der Waals surface area contributed by atoms with E-state index in [1.165, 1.54) is 11.1 Å². The molecule has 2 N–H and O–H groups in total. The Balaban J connectivity index is 2.03. The van der Waals surface area contributed by atoms with Gasteiger partial charge in [-0.1, -0.05) is 19.1 Å². The van der Waals surface area contributed by atoms with Gasteiger partial charge >= 0.3 is 0 Å². The molecule has 0 saturated heterocycles. The van der Waals surface area contributed by atoms with Crippen LogP contribution in [0.15, 0.2) is 18.2 Å². The third kappa shape index (κ3) is 3.55. The van der Waals surface area contributed by atoms with Crippen molar-refractivity contribution in [2.75, 3.05) is 26.8 Å². The summed E-state index contributed by atoms with van der Waals surface area (Å²) in [4.78, 5) is 12.3. The van der Waals surface area contributed by atoms with Crippen molar-refractivity contribution >= 4 is 5.91 Å². The Morgan fingerprint density at radius 3 is 3.16 bits per heavy atom. The number of hydrogen-bond donors (Lipinski definition) is 2. The summed E-state index contributed by atoms with van der Waals surface area (Å²) in [6.07, 6.45) is 0.923. The number of ether oxygens (including phenoxy) is 1. The Kier molecular flexibility index (Phi) is 4.93. The van der Waals surface area contributed by atoms with E-state index in [0.717, 1.165) is 25.1 Å². The predicted octanol–water partition coefficient (Wildman–Crippen LogP) is 1.34. The maximum Gasteiger partial charge on any atom is 0.251 e. The standard InChI is InChI=1S/C15H22N2O2/c1-11(10-19-2)8-17-15(18)14-5-3-4-12-9-16-7-6-13(12)14/h3-5,11,16H,6-10H2,1-2H3,(H,17,18). The molecule has 4 heteroatoms. The van der Waals surface area contributed by atoms with Gasteiger partial charge in [0.15, 0.2) is 0 Å². The van der Waals surface area contributed by atoms with Crippen LogP contribution >= 0.6 is 0 Å². The maximum atomic E-state index is 12.3. The molecule has 0 saturated carbocycles. The van der Waals surface area contributed by atoms with Gasteiger partial charge in [0, 0.05) is 25.8 Å². The van der Waals surface area contributed by atoms with Gasteiger partial charge < -0.3 is 15.4 Å². The minimum atomic E-state index is 0.0294. The molecule has 19 heavy (non-hydrogen) atoms. The molecule has 0 aromatic heterocycles. The van der Waals surface area contributed by atoms with Crippen LogP contribution in [0.2, 0.25) is 0 Å². The number of amides is 1. The van der Waals surface area contributed by atoms with Crippen molar-refractivity contribution in [1.82, 2.24) is 10.6 Å². The zero-order valence-corrected chi connectivity index (χ0v) is 11.7. The Morgan fingerprint density at radius 1 is 1.53 bits per heavy atom. The third-order valence-electron chi connectivity index (χ3n) is 3.45. The molecule has 1 amide bonds. The highest BCUT2D eigenvalue weighted by Crippen LogP contribution is 2.18. The summed E-state index contributed by atoms with van der Waals surface area (Å²) in [6.45, 7) is 5.17. The molecule has 1 aliphatic rings. The van der Waals surface area contributed by atoms with Crippen molar-refractivity contribution in [3.05, 3.63) is 34.9 Å². The fourth-order valence-corrected chi connectivity index (χ4v) is 2.45. The van der Waals surface area contributed by atoms with Gasteiger partial charge in [-0.25, -0.2) is 0 Å². The van der Waals surface area contributed by atoms with E-state index in [1.807, 2.05) is 12.1 Å². The largest absolute Gasteiger partial charge is 0.384 e. The first-order chi connectivity index (χ1) is 9.22. The topological polar surface area (TPSA) is 50.4 Å². The van der Waals surface area contributed by atoms with E-state index in [-0.39, 0.29) is 5.91 Å². The summed E-state index contributed by atoms with van der Waals surface area (Å²) in [7, 11) is 1.68. The van der Waals surface area contributed by atoms with Gasteiger partial charge in [-0.15, -0.1) is 0 Å². The number of hydrogen-bond acceptors (Lipinski definition) is 3. The van der Waals surface area contributed by atoms with Gasteiger partial charge in [-0.05, 0) is 36.1 Å². The highest BCUT2D eigenvalue weighted by Gasteiger charge is 2.17.